The molecule has 3 heterocycles. The van der Waals surface area contributed by atoms with E-state index < -0.39 is 33.1 Å². The van der Waals surface area contributed by atoms with E-state index in [1.165, 1.54) is 24.8 Å². The summed E-state index contributed by atoms with van der Waals surface area (Å²) in [4.78, 5) is 8.16. The maximum absolute atomic E-state index is 15.6. The van der Waals surface area contributed by atoms with E-state index in [1.54, 1.807) is 6.92 Å². The minimum atomic E-state index is -4.65. The van der Waals surface area contributed by atoms with Crippen LogP contribution >= 0.6 is 0 Å². The molecule has 0 spiro atoms. The maximum Gasteiger partial charge on any atom is 0.417 e. The highest BCUT2D eigenvalue weighted by molar-refractivity contribution is 7.91. The molecule has 1 aliphatic carbocycles. The predicted octanol–water partition coefficient (Wildman–Crippen LogP) is 6.57. The number of hydrogen-bond donors (Lipinski definition) is 0. The Morgan fingerprint density at radius 1 is 1.03 bits per heavy atom. The molecule has 2 aromatic rings. The van der Waals surface area contributed by atoms with Crippen molar-refractivity contribution in [2.45, 2.75) is 50.2 Å². The van der Waals surface area contributed by atoms with Gasteiger partial charge in [-0.3, -0.25) is 4.98 Å². The Kier molecular flexibility index (Phi) is 5.89. The molecule has 2 aliphatic heterocycles. The molecule has 1 saturated carbocycles. The SMILES string of the molecule is CCn1cc(C(F)(F)F)cc2nc(-c3ncc(-c4ccc(C5CC5)cc4)cc3S(=O)(=O)CC)c(F)c1-2. The molecule has 5 nitrogen and oxygen atoms in total. The van der Waals surface area contributed by atoms with E-state index in [0.717, 1.165) is 35.2 Å². The van der Waals surface area contributed by atoms with E-state index in [2.05, 4.69) is 9.97 Å². The third kappa shape index (κ3) is 4.27. The monoisotopic (exact) mass is 517 g/mol. The second-order valence-electron chi connectivity index (χ2n) is 8.89. The van der Waals surface area contributed by atoms with Gasteiger partial charge in [-0.25, -0.2) is 17.8 Å². The Morgan fingerprint density at radius 2 is 1.72 bits per heavy atom. The van der Waals surface area contributed by atoms with Gasteiger partial charge in [-0.2, -0.15) is 13.2 Å². The first-order valence-corrected chi connectivity index (χ1v) is 13.3. The number of aromatic nitrogens is 3. The molecule has 36 heavy (non-hydrogen) atoms. The molecule has 0 atom stereocenters. The number of pyridine rings is 2. The quantitative estimate of drug-likeness (QED) is 0.272. The van der Waals surface area contributed by atoms with E-state index in [1.807, 2.05) is 24.3 Å². The van der Waals surface area contributed by atoms with Gasteiger partial charge in [0.1, 0.15) is 17.1 Å². The van der Waals surface area contributed by atoms with Gasteiger partial charge in [-0.15, -0.1) is 0 Å². The molecule has 188 valence electrons. The van der Waals surface area contributed by atoms with Crippen LogP contribution in [-0.4, -0.2) is 28.7 Å². The molecule has 0 unspecified atom stereocenters. The van der Waals surface area contributed by atoms with Gasteiger partial charge in [0, 0.05) is 24.5 Å². The normalized spacial score (nSPS) is 14.5. The first kappa shape index (κ1) is 24.4. The van der Waals surface area contributed by atoms with Crippen LogP contribution in [0.2, 0.25) is 0 Å². The highest BCUT2D eigenvalue weighted by Gasteiger charge is 2.35. The van der Waals surface area contributed by atoms with Crippen molar-refractivity contribution in [3.63, 3.8) is 0 Å². The first-order valence-electron chi connectivity index (χ1n) is 11.6. The molecule has 1 fully saturated rings. The van der Waals surface area contributed by atoms with Crippen LogP contribution in [0.15, 0.2) is 53.7 Å². The first-order chi connectivity index (χ1) is 17.0. The third-order valence-corrected chi connectivity index (χ3v) is 8.26. The maximum atomic E-state index is 15.6. The van der Waals surface area contributed by atoms with Crippen LogP contribution in [0.1, 0.15) is 43.7 Å². The van der Waals surface area contributed by atoms with Crippen molar-refractivity contribution < 1.29 is 26.0 Å². The molecular weight excluding hydrogens is 494 g/mol. The van der Waals surface area contributed by atoms with Crippen LogP contribution < -0.4 is 0 Å². The van der Waals surface area contributed by atoms with Gasteiger partial charge in [0.2, 0.25) is 0 Å². The average molecular weight is 518 g/mol. The van der Waals surface area contributed by atoms with Gasteiger partial charge < -0.3 is 4.57 Å². The molecule has 0 radical (unpaired) electrons. The number of nitrogens with zero attached hydrogens (tertiary/aromatic N) is 3. The summed E-state index contributed by atoms with van der Waals surface area (Å²) in [7, 11) is -3.88. The van der Waals surface area contributed by atoms with E-state index in [4.69, 9.17) is 0 Å². The summed E-state index contributed by atoms with van der Waals surface area (Å²) in [6, 6.07) is 9.98. The van der Waals surface area contributed by atoms with Crippen LogP contribution in [0.4, 0.5) is 17.6 Å². The largest absolute Gasteiger partial charge is 0.417 e. The zero-order valence-electron chi connectivity index (χ0n) is 19.6. The number of hydrogen-bond acceptors (Lipinski definition) is 4. The predicted molar refractivity (Wildman–Crippen MR) is 128 cm³/mol. The van der Waals surface area contributed by atoms with Crippen molar-refractivity contribution in [3.05, 3.63) is 65.7 Å². The van der Waals surface area contributed by atoms with E-state index in [-0.39, 0.29) is 34.3 Å². The number of benzene rings is 1. The molecule has 0 saturated heterocycles. The zero-order chi connectivity index (χ0) is 25.8. The highest BCUT2D eigenvalue weighted by atomic mass is 32.2. The van der Waals surface area contributed by atoms with Gasteiger partial charge in [-0.1, -0.05) is 31.2 Å². The minimum Gasteiger partial charge on any atom is -0.343 e. The Labute approximate surface area is 206 Å². The van der Waals surface area contributed by atoms with Crippen molar-refractivity contribution in [1.29, 1.82) is 0 Å². The molecule has 1 aromatic heterocycles. The molecule has 0 amide bonds. The molecule has 5 rings (SSSR count). The van der Waals surface area contributed by atoms with Crippen LogP contribution in [0.5, 0.6) is 0 Å². The van der Waals surface area contributed by atoms with Gasteiger partial charge in [0.05, 0.1) is 21.9 Å². The minimum absolute atomic E-state index is 0.0613. The van der Waals surface area contributed by atoms with Crippen molar-refractivity contribution in [3.8, 4) is 33.9 Å². The lowest BCUT2D eigenvalue weighted by Crippen LogP contribution is -2.11. The Bertz CT molecular complexity index is 1520. The van der Waals surface area contributed by atoms with E-state index >= 15 is 4.39 Å². The topological polar surface area (TPSA) is 64.8 Å². The van der Waals surface area contributed by atoms with Crippen molar-refractivity contribution in [1.82, 2.24) is 14.5 Å². The van der Waals surface area contributed by atoms with Crippen molar-refractivity contribution in [2.24, 2.45) is 0 Å². The van der Waals surface area contributed by atoms with Gasteiger partial charge in [0.15, 0.2) is 15.7 Å². The van der Waals surface area contributed by atoms with Crippen LogP contribution in [0.25, 0.3) is 33.9 Å². The summed E-state index contributed by atoms with van der Waals surface area (Å²) >= 11 is 0. The second kappa shape index (κ2) is 8.69. The zero-order valence-corrected chi connectivity index (χ0v) is 20.4. The number of alkyl halides is 3. The standard InChI is InChI=1S/C26H23F4N3O2S/c1-3-33-14-19(26(28,29)30)12-20-25(33)22(27)24(32-20)23-21(36(34,35)4-2)11-18(13-31-23)17-9-7-16(8-10-17)15-5-6-15/h7-15H,3-6H2,1-2H3. The lowest BCUT2D eigenvalue weighted by Gasteiger charge is -2.14. The summed E-state index contributed by atoms with van der Waals surface area (Å²) in [5.41, 5.74) is 0.567. The molecule has 10 heteroatoms. The number of sulfone groups is 1. The summed E-state index contributed by atoms with van der Waals surface area (Å²) in [6.07, 6.45) is -0.0776. The summed E-state index contributed by atoms with van der Waals surface area (Å²) < 4.78 is 82.9. The summed E-state index contributed by atoms with van der Waals surface area (Å²) in [6.45, 7) is 3.11. The number of aryl methyl sites for hydroxylation is 1. The fraction of sp³-hybridized carbons (Fsp3) is 0.308. The molecular formula is C26H23F4N3O2S. The van der Waals surface area contributed by atoms with Crippen molar-refractivity contribution >= 4 is 9.84 Å². The van der Waals surface area contributed by atoms with Gasteiger partial charge in [-0.05, 0) is 48.9 Å². The fourth-order valence-corrected chi connectivity index (χ4v) is 5.40. The van der Waals surface area contributed by atoms with Gasteiger partial charge >= 0.3 is 6.18 Å². The summed E-state index contributed by atoms with van der Waals surface area (Å²) in [5.74, 6) is -0.608. The highest BCUT2D eigenvalue weighted by Crippen LogP contribution is 2.42. The second-order valence-corrected chi connectivity index (χ2v) is 11.1. The average Bonchev–Trinajstić information content (AvgIpc) is 3.66. The molecule has 0 N–H and O–H groups in total. The fourth-order valence-electron chi connectivity index (χ4n) is 4.34. The van der Waals surface area contributed by atoms with E-state index in [0.29, 0.717) is 11.5 Å². The molecule has 3 aliphatic rings. The van der Waals surface area contributed by atoms with Crippen LogP contribution in [0, 0.1) is 5.82 Å². The van der Waals surface area contributed by atoms with Crippen molar-refractivity contribution in [2.75, 3.05) is 5.75 Å². The number of rotatable bonds is 6. The lowest BCUT2D eigenvalue weighted by molar-refractivity contribution is -0.138. The third-order valence-electron chi connectivity index (χ3n) is 6.52. The van der Waals surface area contributed by atoms with Crippen LogP contribution in [0.3, 0.4) is 0 Å². The Morgan fingerprint density at radius 3 is 2.31 bits per heavy atom. The summed E-state index contributed by atoms with van der Waals surface area (Å²) in [5, 5.41) is 0. The van der Waals surface area contributed by atoms with Gasteiger partial charge in [0.25, 0.3) is 0 Å². The van der Waals surface area contributed by atoms with E-state index in [9.17, 15) is 21.6 Å². The molecule has 1 aromatic carbocycles. The Hall–Kier alpha value is -3.27. The van der Waals surface area contributed by atoms with Crippen LogP contribution in [-0.2, 0) is 22.6 Å². The Balaban J connectivity index is 1.68. The number of halogens is 4. The number of fused-ring (bicyclic) bond motifs is 1. The molecule has 0 bridgehead atoms. The lowest BCUT2D eigenvalue weighted by atomic mass is 10.0. The smallest absolute Gasteiger partial charge is 0.343 e.